The van der Waals surface area contributed by atoms with Crippen LogP contribution in [0, 0.1) is 5.41 Å². The van der Waals surface area contributed by atoms with E-state index in [1.54, 1.807) is 6.07 Å². The largest absolute Gasteiger partial charge is 0.337 e. The van der Waals surface area contributed by atoms with Crippen LogP contribution in [0.25, 0.3) is 11.4 Å². The minimum absolute atomic E-state index is 0.135. The van der Waals surface area contributed by atoms with Crippen molar-refractivity contribution in [1.29, 1.82) is 0 Å². The Morgan fingerprint density at radius 3 is 2.56 bits per heavy atom. The second-order valence-electron chi connectivity index (χ2n) is 5.28. The maximum Gasteiger partial charge on any atom is 0.244 e. The fourth-order valence-corrected chi connectivity index (χ4v) is 1.70. The molecule has 96 valence electrons. The first-order valence-electron chi connectivity index (χ1n) is 5.73. The highest BCUT2D eigenvalue weighted by molar-refractivity contribution is 6.33. The van der Waals surface area contributed by atoms with Gasteiger partial charge in [-0.15, -0.1) is 0 Å². The maximum absolute atomic E-state index is 6.08. The summed E-state index contributed by atoms with van der Waals surface area (Å²) in [5, 5.41) is 4.52. The summed E-state index contributed by atoms with van der Waals surface area (Å²) in [6.45, 7) is 6.07. The van der Waals surface area contributed by atoms with Crippen molar-refractivity contribution in [2.75, 3.05) is 0 Å². The fourth-order valence-electron chi connectivity index (χ4n) is 1.48. The van der Waals surface area contributed by atoms with Crippen molar-refractivity contribution in [3.05, 3.63) is 35.2 Å². The highest BCUT2D eigenvalue weighted by Gasteiger charge is 2.27. The van der Waals surface area contributed by atoms with E-state index in [4.69, 9.17) is 21.9 Å². The summed E-state index contributed by atoms with van der Waals surface area (Å²) in [5.41, 5.74) is 6.68. The van der Waals surface area contributed by atoms with Gasteiger partial charge in [-0.2, -0.15) is 4.98 Å². The normalized spacial score (nSPS) is 13.6. The van der Waals surface area contributed by atoms with Crippen LogP contribution in [-0.4, -0.2) is 10.1 Å². The summed E-state index contributed by atoms with van der Waals surface area (Å²) in [4.78, 5) is 4.32. The van der Waals surface area contributed by atoms with Gasteiger partial charge in [0, 0.05) is 5.56 Å². The third-order valence-corrected chi connectivity index (χ3v) is 3.09. The molecule has 4 nitrogen and oxygen atoms in total. The maximum atomic E-state index is 6.08. The first-order valence-corrected chi connectivity index (χ1v) is 6.11. The monoisotopic (exact) mass is 265 g/mol. The van der Waals surface area contributed by atoms with Crippen molar-refractivity contribution in [2.45, 2.75) is 26.8 Å². The van der Waals surface area contributed by atoms with E-state index in [9.17, 15) is 0 Å². The second kappa shape index (κ2) is 4.71. The SMILES string of the molecule is CC(C)(C)[C@H](N)c1nc(-c2ccccc2Cl)no1. The summed E-state index contributed by atoms with van der Waals surface area (Å²) in [6, 6.07) is 7.06. The number of halogens is 1. The molecule has 0 amide bonds. The van der Waals surface area contributed by atoms with Crippen LogP contribution in [0.3, 0.4) is 0 Å². The molecule has 1 atom stereocenters. The number of benzene rings is 1. The van der Waals surface area contributed by atoms with E-state index in [1.165, 1.54) is 0 Å². The lowest BCUT2D eigenvalue weighted by Crippen LogP contribution is -2.26. The molecule has 1 heterocycles. The Morgan fingerprint density at radius 2 is 1.94 bits per heavy atom. The van der Waals surface area contributed by atoms with Crippen LogP contribution in [0.4, 0.5) is 0 Å². The van der Waals surface area contributed by atoms with Crippen LogP contribution in [-0.2, 0) is 0 Å². The molecule has 0 saturated heterocycles. The average Bonchev–Trinajstić information content (AvgIpc) is 2.76. The molecule has 5 heteroatoms. The molecule has 0 bridgehead atoms. The van der Waals surface area contributed by atoms with Gasteiger partial charge in [-0.3, -0.25) is 0 Å². The van der Waals surface area contributed by atoms with E-state index in [-0.39, 0.29) is 11.5 Å². The minimum Gasteiger partial charge on any atom is -0.337 e. The van der Waals surface area contributed by atoms with Crippen molar-refractivity contribution in [2.24, 2.45) is 11.1 Å². The Hall–Kier alpha value is -1.39. The number of hydrogen-bond donors (Lipinski definition) is 1. The van der Waals surface area contributed by atoms with Crippen LogP contribution in [0.5, 0.6) is 0 Å². The Kier molecular flexibility index (Phi) is 3.41. The lowest BCUT2D eigenvalue weighted by atomic mass is 9.87. The third kappa shape index (κ3) is 2.54. The zero-order valence-electron chi connectivity index (χ0n) is 10.6. The summed E-state index contributed by atoms with van der Waals surface area (Å²) in [7, 11) is 0. The standard InChI is InChI=1S/C13H16ClN3O/c1-13(2,3)10(15)12-16-11(17-18-12)8-6-4-5-7-9(8)14/h4-7,10H,15H2,1-3H3/t10-/m1/s1. The van der Waals surface area contributed by atoms with Crippen LogP contribution < -0.4 is 5.73 Å². The molecule has 1 aromatic heterocycles. The summed E-state index contributed by atoms with van der Waals surface area (Å²) < 4.78 is 5.22. The van der Waals surface area contributed by atoms with Gasteiger partial charge in [0.2, 0.25) is 11.7 Å². The lowest BCUT2D eigenvalue weighted by Gasteiger charge is -2.23. The van der Waals surface area contributed by atoms with E-state index in [0.29, 0.717) is 16.7 Å². The van der Waals surface area contributed by atoms with Crippen molar-refractivity contribution >= 4 is 11.6 Å². The van der Waals surface area contributed by atoms with Crippen molar-refractivity contribution < 1.29 is 4.52 Å². The topological polar surface area (TPSA) is 64.9 Å². The van der Waals surface area contributed by atoms with Crippen molar-refractivity contribution in [3.8, 4) is 11.4 Å². The average molecular weight is 266 g/mol. The molecule has 2 rings (SSSR count). The van der Waals surface area contributed by atoms with Crippen LogP contribution in [0.2, 0.25) is 5.02 Å². The summed E-state index contributed by atoms with van der Waals surface area (Å²) >= 11 is 6.08. The number of nitrogens with zero attached hydrogens (tertiary/aromatic N) is 2. The molecular weight excluding hydrogens is 250 g/mol. The van der Waals surface area contributed by atoms with Crippen LogP contribution in [0.15, 0.2) is 28.8 Å². The third-order valence-electron chi connectivity index (χ3n) is 2.76. The molecule has 0 aliphatic rings. The Labute approximate surface area is 111 Å². The zero-order chi connectivity index (χ0) is 13.3. The number of nitrogens with two attached hydrogens (primary N) is 1. The van der Waals surface area contributed by atoms with Gasteiger partial charge in [0.15, 0.2) is 0 Å². The predicted molar refractivity (Wildman–Crippen MR) is 71.1 cm³/mol. The zero-order valence-corrected chi connectivity index (χ0v) is 11.4. The van der Waals surface area contributed by atoms with Crippen molar-refractivity contribution in [1.82, 2.24) is 10.1 Å². The number of rotatable bonds is 2. The highest BCUT2D eigenvalue weighted by atomic mass is 35.5. The highest BCUT2D eigenvalue weighted by Crippen LogP contribution is 2.31. The van der Waals surface area contributed by atoms with Gasteiger partial charge in [-0.25, -0.2) is 0 Å². The van der Waals surface area contributed by atoms with E-state index >= 15 is 0 Å². The molecule has 0 unspecified atom stereocenters. The molecule has 2 N–H and O–H groups in total. The smallest absolute Gasteiger partial charge is 0.244 e. The van der Waals surface area contributed by atoms with Gasteiger partial charge in [0.1, 0.15) is 0 Å². The lowest BCUT2D eigenvalue weighted by molar-refractivity contribution is 0.253. The molecule has 1 aromatic carbocycles. The van der Waals surface area contributed by atoms with Gasteiger partial charge >= 0.3 is 0 Å². The fraction of sp³-hybridized carbons (Fsp3) is 0.385. The molecule has 0 spiro atoms. The summed E-state index contributed by atoms with van der Waals surface area (Å²) in [5.74, 6) is 0.896. The number of aromatic nitrogens is 2. The predicted octanol–water partition coefficient (Wildman–Crippen LogP) is 3.44. The molecule has 0 aliphatic heterocycles. The molecular formula is C13H16ClN3O. The quantitative estimate of drug-likeness (QED) is 0.903. The minimum atomic E-state index is -0.304. The molecule has 2 aromatic rings. The Balaban J connectivity index is 2.35. The second-order valence-corrected chi connectivity index (χ2v) is 5.69. The first kappa shape index (κ1) is 13.1. The van der Waals surface area contributed by atoms with Crippen molar-refractivity contribution in [3.63, 3.8) is 0 Å². The Morgan fingerprint density at radius 1 is 1.28 bits per heavy atom. The van der Waals surface area contributed by atoms with Crippen LogP contribution >= 0.6 is 11.6 Å². The molecule has 0 radical (unpaired) electrons. The molecule has 0 fully saturated rings. The van der Waals surface area contributed by atoms with E-state index in [2.05, 4.69) is 10.1 Å². The van der Waals surface area contributed by atoms with E-state index in [0.717, 1.165) is 5.56 Å². The van der Waals surface area contributed by atoms with Gasteiger partial charge < -0.3 is 10.3 Å². The van der Waals surface area contributed by atoms with Crippen LogP contribution in [0.1, 0.15) is 32.7 Å². The summed E-state index contributed by atoms with van der Waals surface area (Å²) in [6.07, 6.45) is 0. The van der Waals surface area contributed by atoms with E-state index in [1.807, 2.05) is 39.0 Å². The number of hydrogen-bond acceptors (Lipinski definition) is 4. The Bertz CT molecular complexity index is 545. The van der Waals surface area contributed by atoms with Gasteiger partial charge in [-0.1, -0.05) is 49.7 Å². The molecule has 0 aliphatic carbocycles. The first-order chi connectivity index (χ1) is 8.39. The van der Waals surface area contributed by atoms with Gasteiger partial charge in [0.25, 0.3) is 0 Å². The van der Waals surface area contributed by atoms with Gasteiger partial charge in [-0.05, 0) is 17.5 Å². The van der Waals surface area contributed by atoms with E-state index < -0.39 is 0 Å². The van der Waals surface area contributed by atoms with Gasteiger partial charge in [0.05, 0.1) is 11.1 Å². The molecule has 18 heavy (non-hydrogen) atoms. The molecule has 0 saturated carbocycles.